The first kappa shape index (κ1) is 14.1. The molecule has 2 unspecified atom stereocenters. The zero-order valence-corrected chi connectivity index (χ0v) is 12.1. The van der Waals surface area contributed by atoms with Crippen molar-refractivity contribution < 1.29 is 5.11 Å². The van der Waals surface area contributed by atoms with Crippen LogP contribution >= 0.6 is 0 Å². The number of aliphatic hydroxyl groups is 1. The van der Waals surface area contributed by atoms with E-state index in [-0.39, 0.29) is 6.10 Å². The number of benzene rings is 1. The Morgan fingerprint density at radius 1 is 1.05 bits per heavy atom. The maximum Gasteiger partial charge on any atom is 0.0716 e. The topological polar surface area (TPSA) is 44.3 Å². The number of hydrogen-bond donors (Lipinski definition) is 3. The smallest absolute Gasteiger partial charge is 0.0716 e. The van der Waals surface area contributed by atoms with E-state index in [2.05, 4.69) is 41.0 Å². The molecule has 1 heterocycles. The zero-order chi connectivity index (χ0) is 13.8. The summed E-state index contributed by atoms with van der Waals surface area (Å²) in [7, 11) is 0. The van der Waals surface area contributed by atoms with Gasteiger partial charge >= 0.3 is 0 Å². The predicted molar refractivity (Wildman–Crippen MR) is 81.8 cm³/mol. The Kier molecular flexibility index (Phi) is 4.71. The molecular formula is C17H26N2O. The molecule has 20 heavy (non-hydrogen) atoms. The Morgan fingerprint density at radius 2 is 1.80 bits per heavy atom. The van der Waals surface area contributed by atoms with Crippen molar-refractivity contribution in [3.63, 3.8) is 0 Å². The van der Waals surface area contributed by atoms with Crippen LogP contribution in [0.25, 0.3) is 0 Å². The van der Waals surface area contributed by atoms with Gasteiger partial charge in [0.15, 0.2) is 0 Å². The molecule has 2 fully saturated rings. The summed E-state index contributed by atoms with van der Waals surface area (Å²) in [6.07, 6.45) is 4.93. The molecule has 1 saturated heterocycles. The molecule has 3 heteroatoms. The first-order valence-electron chi connectivity index (χ1n) is 8.00. The van der Waals surface area contributed by atoms with Gasteiger partial charge in [0.2, 0.25) is 0 Å². The van der Waals surface area contributed by atoms with Gasteiger partial charge in [-0.15, -0.1) is 0 Å². The Balaban J connectivity index is 1.42. The summed E-state index contributed by atoms with van der Waals surface area (Å²) in [5.74, 6) is 1.13. The van der Waals surface area contributed by atoms with E-state index in [1.807, 2.05) is 0 Å². The maximum absolute atomic E-state index is 9.81. The Hall–Kier alpha value is -0.900. The van der Waals surface area contributed by atoms with E-state index in [0.717, 1.165) is 25.6 Å². The van der Waals surface area contributed by atoms with E-state index in [1.165, 1.54) is 31.2 Å². The SMILES string of the molecule is OC1CNCC1CNC1CCC(c2ccccc2)CC1. The summed E-state index contributed by atoms with van der Waals surface area (Å²) in [6, 6.07) is 11.6. The van der Waals surface area contributed by atoms with E-state index < -0.39 is 0 Å². The summed E-state index contributed by atoms with van der Waals surface area (Å²) >= 11 is 0. The second-order valence-corrected chi connectivity index (χ2v) is 6.35. The van der Waals surface area contributed by atoms with Crippen LogP contribution in [0.5, 0.6) is 0 Å². The summed E-state index contributed by atoms with van der Waals surface area (Å²) < 4.78 is 0. The van der Waals surface area contributed by atoms with Crippen molar-refractivity contribution in [3.8, 4) is 0 Å². The standard InChI is InChI=1S/C17H26N2O/c20-17-12-18-10-15(17)11-19-16-8-6-14(7-9-16)13-4-2-1-3-5-13/h1-5,14-20H,6-12H2. The van der Waals surface area contributed by atoms with Crippen molar-refractivity contribution in [3.05, 3.63) is 35.9 Å². The van der Waals surface area contributed by atoms with Crippen molar-refractivity contribution in [1.82, 2.24) is 10.6 Å². The molecule has 0 bridgehead atoms. The van der Waals surface area contributed by atoms with E-state index >= 15 is 0 Å². The molecule has 2 atom stereocenters. The van der Waals surface area contributed by atoms with Crippen molar-refractivity contribution in [2.45, 2.75) is 43.7 Å². The molecule has 0 aromatic heterocycles. The second kappa shape index (κ2) is 6.70. The molecule has 2 aliphatic rings. The van der Waals surface area contributed by atoms with Gasteiger partial charge in [0.05, 0.1) is 6.10 Å². The lowest BCUT2D eigenvalue weighted by Gasteiger charge is -2.30. The van der Waals surface area contributed by atoms with Crippen LogP contribution in [-0.4, -0.2) is 36.9 Å². The molecular weight excluding hydrogens is 248 g/mol. The van der Waals surface area contributed by atoms with Crippen LogP contribution in [0.4, 0.5) is 0 Å². The molecule has 1 aliphatic heterocycles. The third kappa shape index (κ3) is 3.40. The monoisotopic (exact) mass is 274 g/mol. The highest BCUT2D eigenvalue weighted by atomic mass is 16.3. The van der Waals surface area contributed by atoms with E-state index in [0.29, 0.717) is 12.0 Å². The number of rotatable bonds is 4. The minimum atomic E-state index is -0.164. The summed E-state index contributed by atoms with van der Waals surface area (Å²) in [6.45, 7) is 2.66. The van der Waals surface area contributed by atoms with Crippen LogP contribution in [0.2, 0.25) is 0 Å². The lowest BCUT2D eigenvalue weighted by Crippen LogP contribution is -2.39. The van der Waals surface area contributed by atoms with Gasteiger partial charge in [0.1, 0.15) is 0 Å². The molecule has 110 valence electrons. The Morgan fingerprint density at radius 3 is 2.45 bits per heavy atom. The third-order valence-electron chi connectivity index (χ3n) is 4.97. The minimum absolute atomic E-state index is 0.164. The number of hydrogen-bond acceptors (Lipinski definition) is 3. The van der Waals surface area contributed by atoms with Crippen molar-refractivity contribution in [1.29, 1.82) is 0 Å². The van der Waals surface area contributed by atoms with Gasteiger partial charge in [-0.1, -0.05) is 30.3 Å². The molecule has 0 amide bonds. The van der Waals surface area contributed by atoms with Gasteiger partial charge < -0.3 is 15.7 Å². The quantitative estimate of drug-likeness (QED) is 0.785. The predicted octanol–water partition coefficient (Wildman–Crippen LogP) is 1.88. The molecule has 0 spiro atoms. The van der Waals surface area contributed by atoms with E-state index in [1.54, 1.807) is 0 Å². The molecule has 0 radical (unpaired) electrons. The van der Waals surface area contributed by atoms with Crippen LogP contribution < -0.4 is 10.6 Å². The lowest BCUT2D eigenvalue weighted by atomic mass is 9.81. The fourth-order valence-electron chi connectivity index (χ4n) is 3.60. The summed E-state index contributed by atoms with van der Waals surface area (Å²) in [5, 5.41) is 16.7. The van der Waals surface area contributed by atoms with Crippen molar-refractivity contribution in [2.75, 3.05) is 19.6 Å². The highest BCUT2D eigenvalue weighted by Gasteiger charge is 2.27. The molecule has 3 rings (SSSR count). The Labute approximate surface area is 121 Å². The normalized spacial score (nSPS) is 34.2. The highest BCUT2D eigenvalue weighted by Crippen LogP contribution is 2.32. The lowest BCUT2D eigenvalue weighted by molar-refractivity contribution is 0.142. The third-order valence-corrected chi connectivity index (χ3v) is 4.97. The van der Waals surface area contributed by atoms with Crippen LogP contribution in [0.15, 0.2) is 30.3 Å². The average Bonchev–Trinajstić information content (AvgIpc) is 2.92. The fraction of sp³-hybridized carbons (Fsp3) is 0.647. The summed E-state index contributed by atoms with van der Waals surface area (Å²) in [4.78, 5) is 0. The largest absolute Gasteiger partial charge is 0.391 e. The molecule has 3 N–H and O–H groups in total. The molecule has 3 nitrogen and oxygen atoms in total. The van der Waals surface area contributed by atoms with Gasteiger partial charge in [-0.2, -0.15) is 0 Å². The highest BCUT2D eigenvalue weighted by molar-refractivity contribution is 5.20. The fourth-order valence-corrected chi connectivity index (χ4v) is 3.60. The van der Waals surface area contributed by atoms with Gasteiger partial charge in [-0.25, -0.2) is 0 Å². The van der Waals surface area contributed by atoms with Crippen LogP contribution in [-0.2, 0) is 0 Å². The average molecular weight is 274 g/mol. The van der Waals surface area contributed by atoms with Gasteiger partial charge in [-0.05, 0) is 37.2 Å². The van der Waals surface area contributed by atoms with Crippen molar-refractivity contribution in [2.24, 2.45) is 5.92 Å². The number of β-amino-alcohol motifs (C(OH)–C–C–N with tert-alkyl or cyclic N) is 1. The molecule has 1 saturated carbocycles. The molecule has 1 aromatic carbocycles. The van der Waals surface area contributed by atoms with Gasteiger partial charge in [-0.3, -0.25) is 0 Å². The zero-order valence-electron chi connectivity index (χ0n) is 12.1. The number of nitrogens with one attached hydrogen (secondary N) is 2. The van der Waals surface area contributed by atoms with Crippen molar-refractivity contribution >= 4 is 0 Å². The first-order chi connectivity index (χ1) is 9.83. The second-order valence-electron chi connectivity index (χ2n) is 6.35. The van der Waals surface area contributed by atoms with Crippen LogP contribution in [0, 0.1) is 5.92 Å². The van der Waals surface area contributed by atoms with Crippen LogP contribution in [0.1, 0.15) is 37.2 Å². The summed E-state index contributed by atoms with van der Waals surface area (Å²) in [5.41, 5.74) is 1.50. The number of aliphatic hydroxyl groups excluding tert-OH is 1. The van der Waals surface area contributed by atoms with E-state index in [4.69, 9.17) is 0 Å². The van der Waals surface area contributed by atoms with Gasteiger partial charge in [0.25, 0.3) is 0 Å². The molecule has 1 aromatic rings. The van der Waals surface area contributed by atoms with E-state index in [9.17, 15) is 5.11 Å². The Bertz CT molecular complexity index is 401. The van der Waals surface area contributed by atoms with Gasteiger partial charge in [0, 0.05) is 31.6 Å². The molecule has 1 aliphatic carbocycles. The minimum Gasteiger partial charge on any atom is -0.391 e. The van der Waals surface area contributed by atoms with Crippen LogP contribution in [0.3, 0.4) is 0 Å². The first-order valence-corrected chi connectivity index (χ1v) is 8.00. The maximum atomic E-state index is 9.81.